The van der Waals surface area contributed by atoms with Crippen molar-refractivity contribution >= 4 is 5.69 Å². The maximum absolute atomic E-state index is 13.1. The molecular weight excluding hydrogens is 375 g/mol. The van der Waals surface area contributed by atoms with Gasteiger partial charge >= 0.3 is 0 Å². The van der Waals surface area contributed by atoms with E-state index in [-0.39, 0.29) is 18.5 Å². The van der Waals surface area contributed by atoms with Crippen LogP contribution >= 0.6 is 0 Å². The zero-order chi connectivity index (χ0) is 20.1. The summed E-state index contributed by atoms with van der Waals surface area (Å²) in [5.74, 6) is 1.26. The fraction of sp³-hybridized carbons (Fsp3) is 0.455. The maximum atomic E-state index is 13.1. The second-order valence-corrected chi connectivity index (χ2v) is 7.45. The van der Waals surface area contributed by atoms with Crippen LogP contribution in [0, 0.1) is 5.82 Å². The molecule has 2 heterocycles. The molecule has 2 atom stereocenters. The maximum Gasteiger partial charge on any atom is 0.161 e. The summed E-state index contributed by atoms with van der Waals surface area (Å²) in [6, 6.07) is 14.2. The van der Waals surface area contributed by atoms with E-state index in [9.17, 15) is 9.50 Å². The molecule has 4 rings (SSSR count). The summed E-state index contributed by atoms with van der Waals surface area (Å²) < 4.78 is 30.3. The van der Waals surface area contributed by atoms with Gasteiger partial charge in [-0.05, 0) is 36.4 Å². The zero-order valence-electron chi connectivity index (χ0n) is 16.4. The third-order valence-electron chi connectivity index (χ3n) is 5.21. The van der Waals surface area contributed by atoms with Crippen LogP contribution in [0.25, 0.3) is 0 Å². The average molecular weight is 402 g/mol. The molecule has 0 unspecified atom stereocenters. The van der Waals surface area contributed by atoms with E-state index in [2.05, 4.69) is 9.80 Å². The molecule has 0 bridgehead atoms. The summed E-state index contributed by atoms with van der Waals surface area (Å²) in [5.41, 5.74) is 1.03. The Morgan fingerprint density at radius 1 is 1.03 bits per heavy atom. The summed E-state index contributed by atoms with van der Waals surface area (Å²) >= 11 is 0. The summed E-state index contributed by atoms with van der Waals surface area (Å²) in [6.07, 6.45) is -0.722. The van der Waals surface area contributed by atoms with Gasteiger partial charge in [-0.25, -0.2) is 4.39 Å². The summed E-state index contributed by atoms with van der Waals surface area (Å²) in [7, 11) is 0. The molecule has 1 fully saturated rings. The van der Waals surface area contributed by atoms with E-state index in [1.165, 1.54) is 12.1 Å². The predicted molar refractivity (Wildman–Crippen MR) is 108 cm³/mol. The molecule has 156 valence electrons. The molecule has 0 aliphatic carbocycles. The van der Waals surface area contributed by atoms with Crippen LogP contribution in [0.5, 0.6) is 11.5 Å². The number of β-amino-alcohol motifs (C(OH)–C–C–N with tert-alkyl or cyclic N) is 1. The number of hydrogen-bond acceptors (Lipinski definition) is 6. The Morgan fingerprint density at radius 3 is 2.52 bits per heavy atom. The number of aliphatic hydroxyl groups is 1. The Labute approximate surface area is 170 Å². The second kappa shape index (κ2) is 9.43. The molecular formula is C22H27FN2O4. The Hall–Kier alpha value is -2.35. The number of benzene rings is 2. The van der Waals surface area contributed by atoms with E-state index in [1.807, 2.05) is 36.4 Å². The van der Waals surface area contributed by atoms with Gasteiger partial charge in [0.05, 0.1) is 19.3 Å². The quantitative estimate of drug-likeness (QED) is 0.766. The molecule has 1 saturated heterocycles. The third-order valence-corrected chi connectivity index (χ3v) is 5.21. The highest BCUT2D eigenvalue weighted by Gasteiger charge is 2.22. The Balaban J connectivity index is 1.14. The number of para-hydroxylation sites is 2. The lowest BCUT2D eigenvalue weighted by Crippen LogP contribution is -2.49. The van der Waals surface area contributed by atoms with Crippen LogP contribution in [0.4, 0.5) is 10.1 Å². The number of piperazine rings is 1. The summed E-state index contributed by atoms with van der Waals surface area (Å²) in [6.45, 7) is 5.07. The van der Waals surface area contributed by atoms with Crippen LogP contribution < -0.4 is 14.4 Å². The summed E-state index contributed by atoms with van der Waals surface area (Å²) in [4.78, 5) is 4.46. The van der Waals surface area contributed by atoms with E-state index in [0.29, 0.717) is 19.8 Å². The molecule has 0 radical (unpaired) electrons. The molecule has 2 aromatic carbocycles. The first kappa shape index (κ1) is 19.9. The van der Waals surface area contributed by atoms with Crippen molar-refractivity contribution < 1.29 is 23.7 Å². The van der Waals surface area contributed by atoms with Gasteiger partial charge in [-0.1, -0.05) is 12.1 Å². The van der Waals surface area contributed by atoms with Gasteiger partial charge in [0.25, 0.3) is 0 Å². The molecule has 2 aliphatic rings. The lowest BCUT2D eigenvalue weighted by atomic mass is 10.2. The van der Waals surface area contributed by atoms with E-state index < -0.39 is 6.10 Å². The molecule has 2 aliphatic heterocycles. The number of fused-ring (bicyclic) bond motifs is 1. The fourth-order valence-corrected chi connectivity index (χ4v) is 3.67. The minimum Gasteiger partial charge on any atom is -0.486 e. The first-order chi connectivity index (χ1) is 14.2. The summed E-state index contributed by atoms with van der Waals surface area (Å²) in [5, 5.41) is 10.3. The van der Waals surface area contributed by atoms with E-state index >= 15 is 0 Å². The van der Waals surface area contributed by atoms with Crippen LogP contribution in [0.1, 0.15) is 0 Å². The molecule has 29 heavy (non-hydrogen) atoms. The monoisotopic (exact) mass is 402 g/mol. The van der Waals surface area contributed by atoms with Gasteiger partial charge in [-0.3, -0.25) is 4.90 Å². The smallest absolute Gasteiger partial charge is 0.161 e. The number of ether oxygens (including phenoxy) is 3. The number of halogens is 1. The van der Waals surface area contributed by atoms with Crippen molar-refractivity contribution in [2.45, 2.75) is 12.2 Å². The minimum atomic E-state index is -0.552. The van der Waals surface area contributed by atoms with Gasteiger partial charge in [-0.2, -0.15) is 0 Å². The largest absolute Gasteiger partial charge is 0.486 e. The topological polar surface area (TPSA) is 54.4 Å². The highest BCUT2D eigenvalue weighted by Crippen LogP contribution is 2.30. The number of nitrogens with zero attached hydrogens (tertiary/aromatic N) is 2. The first-order valence-electron chi connectivity index (χ1n) is 10.0. The van der Waals surface area contributed by atoms with Gasteiger partial charge in [0.15, 0.2) is 17.6 Å². The van der Waals surface area contributed by atoms with Crippen molar-refractivity contribution in [2.24, 2.45) is 0 Å². The number of rotatable bonds is 7. The second-order valence-electron chi connectivity index (χ2n) is 7.45. The Morgan fingerprint density at radius 2 is 1.76 bits per heavy atom. The number of hydrogen-bond donors (Lipinski definition) is 1. The zero-order valence-corrected chi connectivity index (χ0v) is 16.4. The van der Waals surface area contributed by atoms with E-state index in [4.69, 9.17) is 14.2 Å². The van der Waals surface area contributed by atoms with Crippen molar-refractivity contribution in [3.8, 4) is 11.5 Å². The van der Waals surface area contributed by atoms with Crippen LogP contribution in [-0.2, 0) is 4.74 Å². The highest BCUT2D eigenvalue weighted by atomic mass is 19.1. The van der Waals surface area contributed by atoms with Gasteiger partial charge in [-0.15, -0.1) is 0 Å². The van der Waals surface area contributed by atoms with Crippen LogP contribution in [-0.4, -0.2) is 74.8 Å². The van der Waals surface area contributed by atoms with Crippen molar-refractivity contribution in [3.63, 3.8) is 0 Å². The lowest BCUT2D eigenvalue weighted by Gasteiger charge is -2.37. The van der Waals surface area contributed by atoms with Gasteiger partial charge in [0.1, 0.15) is 12.4 Å². The van der Waals surface area contributed by atoms with Gasteiger partial charge in [0, 0.05) is 38.4 Å². The standard InChI is InChI=1S/C22H27FN2O4/c23-17-5-7-18(8-6-17)25-11-9-24(10-12-25)13-19(26)14-27-15-20-16-28-21-3-1-2-4-22(21)29-20/h1-8,19-20,26H,9-16H2/t19-,20+/m0/s1. The molecule has 0 amide bonds. The Kier molecular flexibility index (Phi) is 6.49. The number of anilines is 1. The molecule has 0 spiro atoms. The minimum absolute atomic E-state index is 0.170. The van der Waals surface area contributed by atoms with E-state index in [1.54, 1.807) is 0 Å². The van der Waals surface area contributed by atoms with Crippen LogP contribution in [0.15, 0.2) is 48.5 Å². The van der Waals surface area contributed by atoms with Crippen LogP contribution in [0.3, 0.4) is 0 Å². The first-order valence-corrected chi connectivity index (χ1v) is 10.0. The van der Waals surface area contributed by atoms with Gasteiger partial charge < -0.3 is 24.2 Å². The normalized spacial score (nSPS) is 20.5. The highest BCUT2D eigenvalue weighted by molar-refractivity contribution is 5.46. The fourth-order valence-electron chi connectivity index (χ4n) is 3.67. The molecule has 1 N–H and O–H groups in total. The molecule has 7 heteroatoms. The molecule has 0 saturated carbocycles. The van der Waals surface area contributed by atoms with Crippen LogP contribution in [0.2, 0.25) is 0 Å². The SMILES string of the molecule is O[C@H](COC[C@@H]1COc2ccccc2O1)CN1CCN(c2ccc(F)cc2)CC1. The van der Waals surface area contributed by atoms with Crippen molar-refractivity contribution in [2.75, 3.05) is 57.4 Å². The van der Waals surface area contributed by atoms with Crippen molar-refractivity contribution in [3.05, 3.63) is 54.3 Å². The van der Waals surface area contributed by atoms with E-state index in [0.717, 1.165) is 43.4 Å². The molecule has 6 nitrogen and oxygen atoms in total. The predicted octanol–water partition coefficient (Wildman–Crippen LogP) is 2.17. The third kappa shape index (κ3) is 5.38. The Bertz CT molecular complexity index is 781. The molecule has 2 aromatic rings. The average Bonchev–Trinajstić information content (AvgIpc) is 2.75. The lowest BCUT2D eigenvalue weighted by molar-refractivity contribution is -0.0292. The molecule has 0 aromatic heterocycles. The van der Waals surface area contributed by atoms with Crippen molar-refractivity contribution in [1.29, 1.82) is 0 Å². The number of aliphatic hydroxyl groups excluding tert-OH is 1. The van der Waals surface area contributed by atoms with Gasteiger partial charge in [0.2, 0.25) is 0 Å². The van der Waals surface area contributed by atoms with Crippen molar-refractivity contribution in [1.82, 2.24) is 4.90 Å².